The van der Waals surface area contributed by atoms with Crippen LogP contribution in [0.4, 0.5) is 0 Å². The zero-order valence-corrected chi connectivity index (χ0v) is 24.5. The maximum Gasteiger partial charge on any atom is 0.332 e. The monoisotopic (exact) mass is 621 g/mol. The molecule has 15 heteroatoms. The van der Waals surface area contributed by atoms with Crippen molar-refractivity contribution in [3.63, 3.8) is 0 Å². The van der Waals surface area contributed by atoms with Gasteiger partial charge in [-0.3, -0.25) is 4.79 Å². The Hall–Kier alpha value is -1.50. The lowest BCUT2D eigenvalue weighted by Gasteiger charge is -2.55. The Labute approximate surface area is 248 Å². The number of esters is 1. The molecule has 15 nitrogen and oxygen atoms in total. The van der Waals surface area contributed by atoms with E-state index in [-0.39, 0.29) is 30.8 Å². The van der Waals surface area contributed by atoms with E-state index in [1.54, 1.807) is 0 Å². The van der Waals surface area contributed by atoms with Crippen molar-refractivity contribution in [1.29, 1.82) is 0 Å². The number of hydrogen-bond acceptors (Lipinski definition) is 13. The normalized spacial score (nSPS) is 50.0. The Bertz CT molecular complexity index is 968. The Morgan fingerprint density at radius 3 is 2.14 bits per heavy atom. The Morgan fingerprint density at radius 1 is 0.860 bits per heavy atom. The standard InChI is InChI=1S/C28H44O15/c1-10(29)39-9-19-22(32)23(33)24(34)28(42-19)43-26-13-8-18(27(35)36)40-14-6-12(30)7-15(20(13)14)41-25(26)11-4-16(37-2)21(31)17(5-11)38-3/h11-26,28,30-34H,4-9H2,1-3H3,(H,35,36)/p+1/t11?,12?,13?,14?,15?,16?,17?,18?,19-,20?,21?,22-,23+,24-,25?,26?,28+/m1/s1. The number of aliphatic carboxylic acids is 1. The largest absolute Gasteiger partial charge is 0.479 e. The second-order valence-corrected chi connectivity index (χ2v) is 12.5. The minimum absolute atomic E-state index is 0.0708. The van der Waals surface area contributed by atoms with Crippen LogP contribution < -0.4 is 0 Å². The Morgan fingerprint density at radius 2 is 1.53 bits per heavy atom. The maximum absolute atomic E-state index is 12.2. The molecule has 3 heterocycles. The smallest absolute Gasteiger partial charge is 0.332 e. The molecular weight excluding hydrogens is 576 g/mol. The fraction of sp³-hybridized carbons (Fsp3) is 0.929. The number of carbonyl (C=O) groups is 2. The molecule has 0 aromatic carbocycles. The highest BCUT2D eigenvalue weighted by atomic mass is 16.7. The van der Waals surface area contributed by atoms with Gasteiger partial charge < -0.3 is 63.8 Å². The fourth-order valence-electron chi connectivity index (χ4n) is 7.87. The summed E-state index contributed by atoms with van der Waals surface area (Å²) in [4.78, 5) is 23.6. The molecule has 10 unspecified atom stereocenters. The lowest BCUT2D eigenvalue weighted by Crippen LogP contribution is -2.68. The van der Waals surface area contributed by atoms with Gasteiger partial charge in [-0.25, -0.2) is 4.79 Å². The highest BCUT2D eigenvalue weighted by Gasteiger charge is 2.62. The highest BCUT2D eigenvalue weighted by molar-refractivity contribution is 5.72. The summed E-state index contributed by atoms with van der Waals surface area (Å²) >= 11 is 0. The van der Waals surface area contributed by atoms with Gasteiger partial charge in [0.15, 0.2) is 24.6 Å². The van der Waals surface area contributed by atoms with Gasteiger partial charge in [0.05, 0.1) is 30.3 Å². The number of aliphatic hydroxyl groups is 7. The summed E-state index contributed by atoms with van der Waals surface area (Å²) in [5.41, 5.74) is 0. The van der Waals surface area contributed by atoms with E-state index >= 15 is 0 Å². The van der Waals surface area contributed by atoms with Gasteiger partial charge in [-0.15, -0.1) is 0 Å². The van der Waals surface area contributed by atoms with Crippen LogP contribution in [0.1, 0.15) is 39.0 Å². The van der Waals surface area contributed by atoms with Crippen LogP contribution in [0.3, 0.4) is 0 Å². The molecule has 5 aliphatic rings. The molecule has 7 N–H and O–H groups in total. The fourth-order valence-corrected chi connectivity index (χ4v) is 7.87. The zero-order valence-electron chi connectivity index (χ0n) is 24.5. The predicted octanol–water partition coefficient (Wildman–Crippen LogP) is -2.55. The van der Waals surface area contributed by atoms with E-state index in [2.05, 4.69) is 0 Å². The molecule has 0 radical (unpaired) electrons. The molecule has 0 bridgehead atoms. The van der Waals surface area contributed by atoms with Crippen LogP contribution in [-0.2, 0) is 38.0 Å². The highest BCUT2D eigenvalue weighted by Crippen LogP contribution is 2.50. The molecule has 0 aromatic heterocycles. The van der Waals surface area contributed by atoms with Crippen molar-refractivity contribution < 1.29 is 73.4 Å². The van der Waals surface area contributed by atoms with Crippen molar-refractivity contribution in [2.45, 2.75) is 125 Å². The molecule has 15 atom stereocenters. The summed E-state index contributed by atoms with van der Waals surface area (Å²) in [6.07, 6.45) is -12.6. The molecule has 0 spiro atoms. The van der Waals surface area contributed by atoms with E-state index in [1.807, 2.05) is 0 Å². The third-order valence-electron chi connectivity index (χ3n) is 9.94. The lowest BCUT2D eigenvalue weighted by atomic mass is 9.64. The number of hydrogen-bond donors (Lipinski definition) is 6. The molecule has 2 saturated carbocycles. The number of aliphatic hydroxyl groups excluding tert-OH is 5. The average Bonchev–Trinajstić information content (AvgIpc) is 2.97. The van der Waals surface area contributed by atoms with Crippen molar-refractivity contribution >= 4 is 11.9 Å². The van der Waals surface area contributed by atoms with Gasteiger partial charge in [-0.05, 0) is 19.3 Å². The first-order chi connectivity index (χ1) is 20.4. The molecule has 2 aliphatic carbocycles. The van der Waals surface area contributed by atoms with Crippen LogP contribution in [0.2, 0.25) is 0 Å². The van der Waals surface area contributed by atoms with E-state index in [0.717, 1.165) is 0 Å². The van der Waals surface area contributed by atoms with Gasteiger partial charge in [0.1, 0.15) is 43.2 Å². The first-order valence-corrected chi connectivity index (χ1v) is 14.9. The summed E-state index contributed by atoms with van der Waals surface area (Å²) in [6.45, 7) is 0.787. The summed E-state index contributed by atoms with van der Waals surface area (Å²) in [5, 5.41) is 63.5. The van der Waals surface area contributed by atoms with Gasteiger partial charge in [-0.1, -0.05) is 0 Å². The zero-order chi connectivity index (χ0) is 31.2. The molecule has 246 valence electrons. The SMILES string of the molecule is COC1CC(C2[OH+]C3CC(O)CC4OC(C(=O)O)CC(C2O[C@@H]2O[C@H](COC(C)=O)[C@@H](O)[C@H](O)[C@H]2O)C43)CC(OC)C1O. The summed E-state index contributed by atoms with van der Waals surface area (Å²) in [5.74, 6) is -2.81. The first-order valence-electron chi connectivity index (χ1n) is 14.9. The topological polar surface area (TPSA) is 224 Å². The average molecular weight is 622 g/mol. The Kier molecular flexibility index (Phi) is 10.3. The van der Waals surface area contributed by atoms with Crippen molar-refractivity contribution in [3.05, 3.63) is 0 Å². The third-order valence-corrected chi connectivity index (χ3v) is 9.94. The van der Waals surface area contributed by atoms with Crippen molar-refractivity contribution in [2.75, 3.05) is 20.8 Å². The third kappa shape index (κ3) is 6.58. The number of carbonyl (C=O) groups excluding carboxylic acids is 1. The Balaban J connectivity index is 1.49. The maximum atomic E-state index is 12.2. The quantitative estimate of drug-likeness (QED) is 0.121. The summed E-state index contributed by atoms with van der Waals surface area (Å²) < 4.78 is 39.6. The van der Waals surface area contributed by atoms with Gasteiger partial charge in [0, 0.05) is 45.8 Å². The van der Waals surface area contributed by atoms with Gasteiger partial charge in [0.2, 0.25) is 0 Å². The molecule has 5 fully saturated rings. The molecular formula is C28H45O15+. The van der Waals surface area contributed by atoms with Crippen LogP contribution in [-0.4, -0.2) is 154 Å². The van der Waals surface area contributed by atoms with Gasteiger partial charge >= 0.3 is 11.9 Å². The molecule has 0 aromatic rings. The van der Waals surface area contributed by atoms with Crippen molar-refractivity contribution in [1.82, 2.24) is 0 Å². The molecule has 3 saturated heterocycles. The van der Waals surface area contributed by atoms with E-state index in [0.29, 0.717) is 19.3 Å². The molecule has 43 heavy (non-hydrogen) atoms. The number of carboxylic acids is 1. The van der Waals surface area contributed by atoms with E-state index in [9.17, 15) is 40.2 Å². The second-order valence-electron chi connectivity index (χ2n) is 12.5. The van der Waals surface area contributed by atoms with E-state index in [1.165, 1.54) is 21.1 Å². The van der Waals surface area contributed by atoms with E-state index in [4.69, 9.17) is 33.2 Å². The van der Waals surface area contributed by atoms with E-state index < -0.39 is 104 Å². The summed E-state index contributed by atoms with van der Waals surface area (Å²) in [6, 6.07) is 0. The molecule has 5 rings (SSSR count). The number of carboxylic acid groups (broad SMARTS) is 1. The predicted molar refractivity (Wildman–Crippen MR) is 141 cm³/mol. The summed E-state index contributed by atoms with van der Waals surface area (Å²) in [7, 11) is 2.98. The number of rotatable bonds is 8. The number of methoxy groups -OCH3 is 2. The van der Waals surface area contributed by atoms with Crippen LogP contribution in [0.25, 0.3) is 0 Å². The van der Waals surface area contributed by atoms with Crippen LogP contribution in [0.5, 0.6) is 0 Å². The first kappa shape index (κ1) is 32.9. The lowest BCUT2D eigenvalue weighted by molar-refractivity contribution is -0.380. The van der Waals surface area contributed by atoms with Gasteiger partial charge in [-0.2, -0.15) is 0 Å². The van der Waals surface area contributed by atoms with Crippen LogP contribution in [0, 0.1) is 17.8 Å². The second kappa shape index (κ2) is 13.5. The molecule has 3 aliphatic heterocycles. The number of ether oxygens (including phenoxy) is 7. The van der Waals surface area contributed by atoms with Crippen molar-refractivity contribution in [3.8, 4) is 0 Å². The van der Waals surface area contributed by atoms with Crippen molar-refractivity contribution in [2.24, 2.45) is 17.8 Å². The molecule has 0 amide bonds. The van der Waals surface area contributed by atoms with Gasteiger partial charge in [0.25, 0.3) is 0 Å². The minimum atomic E-state index is -1.69. The minimum Gasteiger partial charge on any atom is -0.479 e. The van der Waals surface area contributed by atoms with Crippen LogP contribution >= 0.6 is 0 Å². The van der Waals surface area contributed by atoms with Crippen LogP contribution in [0.15, 0.2) is 0 Å².